The Morgan fingerprint density at radius 1 is 1.53 bits per heavy atom. The first-order chi connectivity index (χ1) is 9.02. The molecule has 104 valence electrons. The van der Waals surface area contributed by atoms with Crippen molar-refractivity contribution in [1.29, 1.82) is 0 Å². The van der Waals surface area contributed by atoms with Gasteiger partial charge in [0.25, 0.3) is 0 Å². The molecule has 1 aromatic heterocycles. The van der Waals surface area contributed by atoms with Crippen LogP contribution in [-0.2, 0) is 4.79 Å². The zero-order chi connectivity index (χ0) is 14.3. The molecule has 2 N–H and O–H groups in total. The third-order valence-electron chi connectivity index (χ3n) is 3.11. The molecule has 19 heavy (non-hydrogen) atoms. The number of pyridine rings is 1. The first-order valence-corrected chi connectivity index (χ1v) is 6.58. The number of carbonyl (C=O) groups is 1. The highest BCUT2D eigenvalue weighted by molar-refractivity contribution is 5.91. The number of nitrogens with one attached hydrogen (secondary N) is 1. The quantitative estimate of drug-likeness (QED) is 0.770. The Hall–Kier alpha value is -1.68. The topological polar surface area (TPSA) is 62.2 Å². The van der Waals surface area contributed by atoms with E-state index >= 15 is 0 Å². The van der Waals surface area contributed by atoms with Crippen LogP contribution >= 0.6 is 0 Å². The Balaban J connectivity index is 2.43. The molecule has 0 spiro atoms. The minimum Gasteiger partial charge on any atom is -0.391 e. The van der Waals surface area contributed by atoms with Gasteiger partial charge in [-0.2, -0.15) is 0 Å². The molecular formula is C15H22N2O2. The number of hydrogen-bond acceptors (Lipinski definition) is 3. The summed E-state index contributed by atoms with van der Waals surface area (Å²) in [4.78, 5) is 15.6. The van der Waals surface area contributed by atoms with Gasteiger partial charge in [0, 0.05) is 25.0 Å². The lowest BCUT2D eigenvalue weighted by atomic mass is 10.0. The summed E-state index contributed by atoms with van der Waals surface area (Å²) in [6.07, 6.45) is 7.03. The van der Waals surface area contributed by atoms with Crippen LogP contribution in [0, 0.1) is 12.8 Å². The predicted octanol–water partition coefficient (Wildman–Crippen LogP) is 1.93. The number of hydrogen-bond donors (Lipinski definition) is 2. The molecule has 0 fully saturated rings. The monoisotopic (exact) mass is 262 g/mol. The fraction of sp³-hybridized carbons (Fsp3) is 0.467. The van der Waals surface area contributed by atoms with Gasteiger partial charge >= 0.3 is 0 Å². The minimum atomic E-state index is -0.497. The van der Waals surface area contributed by atoms with Crippen LogP contribution in [0.5, 0.6) is 0 Å². The molecule has 0 saturated heterocycles. The molecule has 0 aliphatic rings. The highest BCUT2D eigenvalue weighted by atomic mass is 16.3. The number of aliphatic hydroxyl groups excluding tert-OH is 1. The Labute approximate surface area is 114 Å². The van der Waals surface area contributed by atoms with E-state index in [0.717, 1.165) is 17.5 Å². The smallest absolute Gasteiger partial charge is 0.244 e. The highest BCUT2D eigenvalue weighted by Gasteiger charge is 2.12. The average molecular weight is 262 g/mol. The van der Waals surface area contributed by atoms with Gasteiger partial charge in [0.05, 0.1) is 6.10 Å². The lowest BCUT2D eigenvalue weighted by Crippen LogP contribution is -2.34. The summed E-state index contributed by atoms with van der Waals surface area (Å²) < 4.78 is 0. The van der Waals surface area contributed by atoms with Crippen LogP contribution in [-0.4, -0.2) is 28.6 Å². The molecule has 1 rings (SSSR count). The molecule has 0 radical (unpaired) electrons. The third-order valence-corrected chi connectivity index (χ3v) is 3.11. The van der Waals surface area contributed by atoms with Crippen molar-refractivity contribution in [2.75, 3.05) is 6.54 Å². The van der Waals surface area contributed by atoms with Gasteiger partial charge in [-0.3, -0.25) is 9.78 Å². The molecule has 4 heteroatoms. The lowest BCUT2D eigenvalue weighted by Gasteiger charge is -2.16. The number of rotatable bonds is 6. The van der Waals surface area contributed by atoms with Crippen LogP contribution in [0.4, 0.5) is 0 Å². The molecule has 4 nitrogen and oxygen atoms in total. The third kappa shape index (κ3) is 5.66. The summed E-state index contributed by atoms with van der Waals surface area (Å²) in [5.74, 6) is -0.0193. The van der Waals surface area contributed by atoms with Crippen molar-refractivity contribution in [3.63, 3.8) is 0 Å². The van der Waals surface area contributed by atoms with E-state index in [-0.39, 0.29) is 18.4 Å². The van der Waals surface area contributed by atoms with E-state index in [2.05, 4.69) is 10.3 Å². The zero-order valence-corrected chi connectivity index (χ0v) is 11.8. The van der Waals surface area contributed by atoms with E-state index < -0.39 is 6.10 Å². The Bertz CT molecular complexity index is 444. The molecule has 0 aliphatic heterocycles. The van der Waals surface area contributed by atoms with Gasteiger partial charge in [-0.1, -0.05) is 20.3 Å². The van der Waals surface area contributed by atoms with Gasteiger partial charge in [-0.05, 0) is 36.1 Å². The summed E-state index contributed by atoms with van der Waals surface area (Å²) in [5, 5.41) is 12.4. The summed E-state index contributed by atoms with van der Waals surface area (Å²) in [5.41, 5.74) is 1.94. The van der Waals surface area contributed by atoms with Crippen molar-refractivity contribution < 1.29 is 9.90 Å². The number of nitrogens with zero attached hydrogens (tertiary/aromatic N) is 1. The van der Waals surface area contributed by atoms with E-state index in [4.69, 9.17) is 0 Å². The standard InChI is InChI=1S/C15H22N2O2/c1-4-12(3)14(18)10-17-15(19)6-5-13-7-11(2)8-16-9-13/h5-9,12,14,18H,4,10H2,1-3H3,(H,17,19)/b6-5+. The summed E-state index contributed by atoms with van der Waals surface area (Å²) in [7, 11) is 0. The van der Waals surface area contributed by atoms with Gasteiger partial charge < -0.3 is 10.4 Å². The van der Waals surface area contributed by atoms with Gasteiger partial charge in [0.1, 0.15) is 0 Å². The van der Waals surface area contributed by atoms with E-state index in [1.807, 2.05) is 26.8 Å². The fourth-order valence-corrected chi connectivity index (χ4v) is 1.58. The molecule has 2 atom stereocenters. The van der Waals surface area contributed by atoms with Crippen molar-refractivity contribution in [2.24, 2.45) is 5.92 Å². The molecule has 0 bridgehead atoms. The van der Waals surface area contributed by atoms with Gasteiger partial charge in [-0.25, -0.2) is 0 Å². The van der Waals surface area contributed by atoms with Crippen LogP contribution in [0.15, 0.2) is 24.5 Å². The molecule has 0 aromatic carbocycles. The molecule has 1 aromatic rings. The summed E-state index contributed by atoms with van der Waals surface area (Å²) >= 11 is 0. The first-order valence-electron chi connectivity index (χ1n) is 6.58. The van der Waals surface area contributed by atoms with Crippen molar-refractivity contribution in [2.45, 2.75) is 33.3 Å². The maximum Gasteiger partial charge on any atom is 0.244 e. The predicted molar refractivity (Wildman–Crippen MR) is 76.5 cm³/mol. The normalized spacial score (nSPS) is 14.3. The Morgan fingerprint density at radius 2 is 2.26 bits per heavy atom. The van der Waals surface area contributed by atoms with E-state index in [1.165, 1.54) is 6.08 Å². The van der Waals surface area contributed by atoms with Crippen LogP contribution in [0.3, 0.4) is 0 Å². The number of aryl methyl sites for hydroxylation is 1. The van der Waals surface area contributed by atoms with Gasteiger partial charge in [-0.15, -0.1) is 0 Å². The second kappa shape index (κ2) is 7.69. The highest BCUT2D eigenvalue weighted by Crippen LogP contribution is 2.06. The SMILES string of the molecule is CCC(C)C(O)CNC(=O)/C=C/c1cncc(C)c1. The number of amides is 1. The minimum absolute atomic E-state index is 0.185. The molecule has 0 aliphatic carbocycles. The number of aromatic nitrogens is 1. The van der Waals surface area contributed by atoms with E-state index in [1.54, 1.807) is 18.5 Å². The van der Waals surface area contributed by atoms with Crippen LogP contribution in [0.2, 0.25) is 0 Å². The number of carbonyl (C=O) groups excluding carboxylic acids is 1. The average Bonchev–Trinajstić information content (AvgIpc) is 2.41. The van der Waals surface area contributed by atoms with Crippen LogP contribution in [0.25, 0.3) is 6.08 Å². The van der Waals surface area contributed by atoms with Crippen molar-refractivity contribution in [1.82, 2.24) is 10.3 Å². The molecule has 1 amide bonds. The number of aliphatic hydroxyl groups is 1. The maximum atomic E-state index is 11.6. The van der Waals surface area contributed by atoms with E-state index in [9.17, 15) is 9.90 Å². The lowest BCUT2D eigenvalue weighted by molar-refractivity contribution is -0.117. The summed E-state index contributed by atoms with van der Waals surface area (Å²) in [6.45, 7) is 6.21. The second-order valence-electron chi connectivity index (χ2n) is 4.83. The van der Waals surface area contributed by atoms with Crippen molar-refractivity contribution in [3.8, 4) is 0 Å². The molecular weight excluding hydrogens is 240 g/mol. The Kier molecular flexibility index (Phi) is 6.22. The molecule has 1 heterocycles. The van der Waals surface area contributed by atoms with Gasteiger partial charge in [0.15, 0.2) is 0 Å². The van der Waals surface area contributed by atoms with Crippen LogP contribution < -0.4 is 5.32 Å². The summed E-state index contributed by atoms with van der Waals surface area (Å²) in [6, 6.07) is 1.95. The largest absolute Gasteiger partial charge is 0.391 e. The zero-order valence-electron chi connectivity index (χ0n) is 11.8. The fourth-order valence-electron chi connectivity index (χ4n) is 1.58. The van der Waals surface area contributed by atoms with Gasteiger partial charge in [0.2, 0.25) is 5.91 Å². The van der Waals surface area contributed by atoms with Crippen molar-refractivity contribution in [3.05, 3.63) is 35.7 Å². The first kappa shape index (κ1) is 15.4. The molecule has 0 saturated carbocycles. The molecule has 2 unspecified atom stereocenters. The van der Waals surface area contributed by atoms with Crippen LogP contribution in [0.1, 0.15) is 31.4 Å². The second-order valence-corrected chi connectivity index (χ2v) is 4.83. The Morgan fingerprint density at radius 3 is 2.89 bits per heavy atom. The van der Waals surface area contributed by atoms with Crippen molar-refractivity contribution >= 4 is 12.0 Å². The van der Waals surface area contributed by atoms with E-state index in [0.29, 0.717) is 0 Å². The maximum absolute atomic E-state index is 11.6.